The number of terminal acetylenes is 1. The molecule has 0 saturated heterocycles. The van der Waals surface area contributed by atoms with Crippen molar-refractivity contribution in [1.82, 2.24) is 0 Å². The van der Waals surface area contributed by atoms with Crippen LogP contribution < -0.4 is 0 Å². The standard InChI is InChI=1S/C11H16O4/c1-5-7-11(8(3)4,9(12)13)10(14)15-6-2/h1,8H,6-7H2,2-4H3,(H,12,13). The molecule has 4 nitrogen and oxygen atoms in total. The Balaban J connectivity index is 5.23. The molecule has 0 saturated carbocycles. The van der Waals surface area contributed by atoms with Crippen LogP contribution >= 0.6 is 0 Å². The van der Waals surface area contributed by atoms with Crippen LogP contribution in [0.4, 0.5) is 0 Å². The van der Waals surface area contributed by atoms with Crippen molar-refractivity contribution in [3.05, 3.63) is 0 Å². The van der Waals surface area contributed by atoms with E-state index in [-0.39, 0.29) is 13.0 Å². The predicted octanol–water partition coefficient (Wildman–Crippen LogP) is 1.30. The van der Waals surface area contributed by atoms with Gasteiger partial charge in [-0.05, 0) is 12.8 Å². The third-order valence-corrected chi connectivity index (χ3v) is 2.39. The van der Waals surface area contributed by atoms with Crippen LogP contribution in [-0.4, -0.2) is 23.7 Å². The van der Waals surface area contributed by atoms with Gasteiger partial charge in [0.15, 0.2) is 5.41 Å². The van der Waals surface area contributed by atoms with Gasteiger partial charge in [-0.25, -0.2) is 0 Å². The molecule has 0 rings (SSSR count). The predicted molar refractivity (Wildman–Crippen MR) is 55.0 cm³/mol. The van der Waals surface area contributed by atoms with Gasteiger partial charge in [-0.1, -0.05) is 13.8 Å². The Bertz CT molecular complexity index is 287. The Labute approximate surface area is 89.6 Å². The fraction of sp³-hybridized carbons (Fsp3) is 0.636. The van der Waals surface area contributed by atoms with Crippen molar-refractivity contribution < 1.29 is 19.4 Å². The fourth-order valence-corrected chi connectivity index (χ4v) is 1.34. The smallest absolute Gasteiger partial charge is 0.324 e. The molecule has 0 radical (unpaired) electrons. The summed E-state index contributed by atoms with van der Waals surface area (Å²) in [7, 11) is 0. The molecule has 0 aromatic heterocycles. The van der Waals surface area contributed by atoms with Gasteiger partial charge in [0.1, 0.15) is 0 Å². The zero-order chi connectivity index (χ0) is 12.1. The maximum absolute atomic E-state index is 11.6. The summed E-state index contributed by atoms with van der Waals surface area (Å²) in [4.78, 5) is 22.8. The lowest BCUT2D eigenvalue weighted by molar-refractivity contribution is -0.171. The summed E-state index contributed by atoms with van der Waals surface area (Å²) in [5.74, 6) is -0.170. The van der Waals surface area contributed by atoms with Crippen LogP contribution in [0.1, 0.15) is 27.2 Å². The average molecular weight is 212 g/mol. The molecular weight excluding hydrogens is 196 g/mol. The first-order valence-electron chi connectivity index (χ1n) is 4.77. The molecule has 0 fully saturated rings. The van der Waals surface area contributed by atoms with Crippen LogP contribution in [0.3, 0.4) is 0 Å². The largest absolute Gasteiger partial charge is 0.480 e. The summed E-state index contributed by atoms with van der Waals surface area (Å²) < 4.78 is 4.77. The average Bonchev–Trinajstić information content (AvgIpc) is 2.13. The van der Waals surface area contributed by atoms with E-state index in [1.807, 2.05) is 0 Å². The first-order valence-corrected chi connectivity index (χ1v) is 4.77. The molecule has 0 bridgehead atoms. The molecule has 84 valence electrons. The van der Waals surface area contributed by atoms with Gasteiger partial charge in [-0.2, -0.15) is 0 Å². The number of ether oxygens (including phenoxy) is 1. The van der Waals surface area contributed by atoms with E-state index in [4.69, 9.17) is 16.3 Å². The van der Waals surface area contributed by atoms with E-state index in [2.05, 4.69) is 5.92 Å². The Morgan fingerprint density at radius 2 is 2.07 bits per heavy atom. The molecule has 0 amide bonds. The molecule has 1 unspecified atom stereocenters. The second-order valence-corrected chi connectivity index (χ2v) is 3.53. The highest BCUT2D eigenvalue weighted by atomic mass is 16.5. The molecule has 0 aromatic rings. The van der Waals surface area contributed by atoms with E-state index in [0.717, 1.165) is 0 Å². The van der Waals surface area contributed by atoms with Crippen LogP contribution in [0.2, 0.25) is 0 Å². The molecule has 1 atom stereocenters. The quantitative estimate of drug-likeness (QED) is 0.424. The second kappa shape index (κ2) is 5.40. The van der Waals surface area contributed by atoms with Gasteiger partial charge < -0.3 is 9.84 Å². The Hall–Kier alpha value is -1.50. The minimum Gasteiger partial charge on any atom is -0.480 e. The lowest BCUT2D eigenvalue weighted by Gasteiger charge is -2.28. The van der Waals surface area contributed by atoms with Crippen molar-refractivity contribution in [3.8, 4) is 12.3 Å². The SMILES string of the molecule is C#CCC(C(=O)O)(C(=O)OCC)C(C)C. The first kappa shape index (κ1) is 13.5. The molecule has 0 aliphatic rings. The summed E-state index contributed by atoms with van der Waals surface area (Å²) in [6.45, 7) is 5.05. The lowest BCUT2D eigenvalue weighted by atomic mass is 9.74. The van der Waals surface area contributed by atoms with Gasteiger partial charge in [-0.3, -0.25) is 9.59 Å². The molecule has 4 heteroatoms. The topological polar surface area (TPSA) is 63.6 Å². The van der Waals surface area contributed by atoms with E-state index >= 15 is 0 Å². The van der Waals surface area contributed by atoms with Crippen LogP contribution in [0.5, 0.6) is 0 Å². The van der Waals surface area contributed by atoms with Crippen LogP contribution in [0.25, 0.3) is 0 Å². The highest BCUT2D eigenvalue weighted by Gasteiger charge is 2.49. The van der Waals surface area contributed by atoms with E-state index < -0.39 is 23.3 Å². The summed E-state index contributed by atoms with van der Waals surface area (Å²) in [5, 5.41) is 9.13. The maximum Gasteiger partial charge on any atom is 0.324 e. The monoisotopic (exact) mass is 212 g/mol. The number of aliphatic carboxylic acids is 1. The van der Waals surface area contributed by atoms with Gasteiger partial charge in [0.05, 0.1) is 6.61 Å². The Kier molecular flexibility index (Phi) is 4.86. The number of esters is 1. The van der Waals surface area contributed by atoms with Crippen LogP contribution in [0.15, 0.2) is 0 Å². The molecule has 1 N–H and O–H groups in total. The van der Waals surface area contributed by atoms with E-state index in [9.17, 15) is 9.59 Å². The molecule has 0 aliphatic carbocycles. The summed E-state index contributed by atoms with van der Waals surface area (Å²) >= 11 is 0. The molecule has 15 heavy (non-hydrogen) atoms. The Morgan fingerprint density at radius 1 is 1.53 bits per heavy atom. The number of carboxylic acids is 1. The third-order valence-electron chi connectivity index (χ3n) is 2.39. The summed E-state index contributed by atoms with van der Waals surface area (Å²) in [6.07, 6.45) is 4.95. The fourth-order valence-electron chi connectivity index (χ4n) is 1.34. The zero-order valence-corrected chi connectivity index (χ0v) is 9.24. The van der Waals surface area contributed by atoms with Gasteiger partial charge in [-0.15, -0.1) is 12.3 Å². The maximum atomic E-state index is 11.6. The first-order chi connectivity index (χ1) is 6.93. The highest BCUT2D eigenvalue weighted by molar-refractivity contribution is 5.99. The molecule has 0 heterocycles. The van der Waals surface area contributed by atoms with Gasteiger partial charge in [0, 0.05) is 6.42 Å². The number of carboxylic acid groups (broad SMARTS) is 1. The molecule has 0 aliphatic heterocycles. The highest BCUT2D eigenvalue weighted by Crippen LogP contribution is 2.33. The van der Waals surface area contributed by atoms with Gasteiger partial charge in [0.2, 0.25) is 0 Å². The van der Waals surface area contributed by atoms with E-state index in [0.29, 0.717) is 0 Å². The van der Waals surface area contributed by atoms with Crippen molar-refractivity contribution in [3.63, 3.8) is 0 Å². The minimum atomic E-state index is -1.62. The number of rotatable bonds is 5. The van der Waals surface area contributed by atoms with Crippen LogP contribution in [0, 0.1) is 23.7 Å². The number of carbonyl (C=O) groups excluding carboxylic acids is 1. The minimum absolute atomic E-state index is 0.144. The summed E-state index contributed by atoms with van der Waals surface area (Å²) in [5.41, 5.74) is -1.62. The van der Waals surface area contributed by atoms with Gasteiger partial charge in [0.25, 0.3) is 0 Å². The normalized spacial score (nSPS) is 14.1. The van der Waals surface area contributed by atoms with Crippen molar-refractivity contribution >= 4 is 11.9 Å². The van der Waals surface area contributed by atoms with Crippen molar-refractivity contribution in [2.24, 2.45) is 11.3 Å². The van der Waals surface area contributed by atoms with E-state index in [1.54, 1.807) is 20.8 Å². The second-order valence-electron chi connectivity index (χ2n) is 3.53. The number of hydrogen-bond donors (Lipinski definition) is 1. The van der Waals surface area contributed by atoms with Gasteiger partial charge >= 0.3 is 11.9 Å². The molecular formula is C11H16O4. The number of carbonyl (C=O) groups is 2. The van der Waals surface area contributed by atoms with Crippen LogP contribution in [-0.2, 0) is 14.3 Å². The summed E-state index contributed by atoms with van der Waals surface area (Å²) in [6, 6.07) is 0. The lowest BCUT2D eigenvalue weighted by Crippen LogP contribution is -2.44. The Morgan fingerprint density at radius 3 is 2.33 bits per heavy atom. The van der Waals surface area contributed by atoms with Crippen molar-refractivity contribution in [1.29, 1.82) is 0 Å². The third kappa shape index (κ3) is 2.50. The van der Waals surface area contributed by atoms with Crippen molar-refractivity contribution in [2.75, 3.05) is 6.61 Å². The number of hydrogen-bond acceptors (Lipinski definition) is 3. The molecule has 0 spiro atoms. The molecule has 0 aromatic carbocycles. The van der Waals surface area contributed by atoms with Crippen molar-refractivity contribution in [2.45, 2.75) is 27.2 Å². The van der Waals surface area contributed by atoms with E-state index in [1.165, 1.54) is 0 Å². The zero-order valence-electron chi connectivity index (χ0n) is 9.24.